The van der Waals surface area contributed by atoms with E-state index < -0.39 is 11.9 Å². The third kappa shape index (κ3) is 3.77. The number of halogens is 1. The monoisotopic (exact) mass is 222 g/mol. The molecule has 0 unspecified atom stereocenters. The molecule has 4 nitrogen and oxygen atoms in total. The maximum Gasteiger partial charge on any atom is 0.345 e. The lowest BCUT2D eigenvalue weighted by Gasteiger charge is -1.95. The minimum absolute atomic E-state index is 0.0341. The molecule has 0 N–H and O–H groups in total. The zero-order chi connectivity index (χ0) is 8.85. The molecular formula is C6H7BrO4. The van der Waals surface area contributed by atoms with Crippen molar-refractivity contribution in [3.05, 3.63) is 10.6 Å². The number of methoxy groups -OCH3 is 2. The summed E-state index contributed by atoms with van der Waals surface area (Å²) in [6.07, 6.45) is 0.992. The van der Waals surface area contributed by atoms with Crippen LogP contribution in [0.25, 0.3) is 0 Å². The van der Waals surface area contributed by atoms with Crippen LogP contribution in [-0.2, 0) is 19.1 Å². The first-order chi connectivity index (χ1) is 5.11. The molecule has 0 fully saturated rings. The van der Waals surface area contributed by atoms with Crippen LogP contribution < -0.4 is 0 Å². The highest BCUT2D eigenvalue weighted by Crippen LogP contribution is 2.06. The molecule has 0 bridgehead atoms. The first-order valence-corrected chi connectivity index (χ1v) is 3.44. The summed E-state index contributed by atoms with van der Waals surface area (Å²) in [7, 11) is 2.44. The Labute approximate surface area is 72.3 Å². The molecule has 0 radical (unpaired) electrons. The molecule has 0 aromatic carbocycles. The number of carbonyl (C=O) groups excluding carboxylic acids is 2. The summed E-state index contributed by atoms with van der Waals surface area (Å²) in [5.41, 5.74) is 0. The molecule has 0 atom stereocenters. The van der Waals surface area contributed by atoms with Gasteiger partial charge in [0, 0.05) is 6.08 Å². The summed E-state index contributed by atoms with van der Waals surface area (Å²) in [6, 6.07) is 0. The largest absolute Gasteiger partial charge is 0.466 e. The Morgan fingerprint density at radius 3 is 2.18 bits per heavy atom. The van der Waals surface area contributed by atoms with Gasteiger partial charge in [-0.05, 0) is 15.9 Å². The first-order valence-electron chi connectivity index (χ1n) is 2.65. The van der Waals surface area contributed by atoms with Gasteiger partial charge < -0.3 is 9.47 Å². The topological polar surface area (TPSA) is 52.6 Å². The van der Waals surface area contributed by atoms with Gasteiger partial charge in [-0.25, -0.2) is 9.59 Å². The van der Waals surface area contributed by atoms with Crippen molar-refractivity contribution in [3.8, 4) is 0 Å². The van der Waals surface area contributed by atoms with E-state index in [0.717, 1.165) is 6.08 Å². The van der Waals surface area contributed by atoms with Crippen LogP contribution in [0.4, 0.5) is 0 Å². The lowest BCUT2D eigenvalue weighted by atomic mass is 10.5. The molecule has 0 amide bonds. The summed E-state index contributed by atoms with van der Waals surface area (Å²) in [6.45, 7) is 0. The average Bonchev–Trinajstić information content (AvgIpc) is 2.02. The number of hydrogen-bond donors (Lipinski definition) is 0. The zero-order valence-electron chi connectivity index (χ0n) is 6.09. The van der Waals surface area contributed by atoms with Crippen molar-refractivity contribution in [2.24, 2.45) is 0 Å². The highest BCUT2D eigenvalue weighted by atomic mass is 79.9. The minimum Gasteiger partial charge on any atom is -0.466 e. The van der Waals surface area contributed by atoms with E-state index in [2.05, 4.69) is 25.4 Å². The third-order valence-electron chi connectivity index (χ3n) is 0.826. The molecule has 0 spiro atoms. The van der Waals surface area contributed by atoms with E-state index in [1.165, 1.54) is 14.2 Å². The molecule has 0 aliphatic heterocycles. The second kappa shape index (κ2) is 4.90. The Kier molecular flexibility index (Phi) is 4.52. The Morgan fingerprint density at radius 1 is 1.27 bits per heavy atom. The molecule has 0 saturated carbocycles. The number of esters is 2. The van der Waals surface area contributed by atoms with E-state index in [0.29, 0.717) is 0 Å². The Hall–Kier alpha value is -0.840. The summed E-state index contributed by atoms with van der Waals surface area (Å²) >= 11 is 2.83. The molecule has 0 heterocycles. The fourth-order valence-corrected chi connectivity index (χ4v) is 0.668. The van der Waals surface area contributed by atoms with Gasteiger partial charge in [0.25, 0.3) is 0 Å². The number of carbonyl (C=O) groups is 2. The Balaban J connectivity index is 4.21. The van der Waals surface area contributed by atoms with Crippen molar-refractivity contribution in [2.75, 3.05) is 14.2 Å². The van der Waals surface area contributed by atoms with Crippen molar-refractivity contribution in [1.82, 2.24) is 0 Å². The standard InChI is InChI=1S/C6H7BrO4/c1-10-5(8)3-4(7)6(9)11-2/h3H,1-2H3/b4-3-. The van der Waals surface area contributed by atoms with Crippen LogP contribution in [-0.4, -0.2) is 26.2 Å². The molecule has 0 aromatic rings. The van der Waals surface area contributed by atoms with Gasteiger partial charge in [0.1, 0.15) is 4.48 Å². The average molecular weight is 223 g/mol. The summed E-state index contributed by atoms with van der Waals surface area (Å²) in [5.74, 6) is -1.22. The van der Waals surface area contributed by atoms with Crippen molar-refractivity contribution >= 4 is 27.9 Å². The number of rotatable bonds is 2. The van der Waals surface area contributed by atoms with Gasteiger partial charge in [-0.1, -0.05) is 0 Å². The van der Waals surface area contributed by atoms with Gasteiger partial charge in [-0.2, -0.15) is 0 Å². The maximum atomic E-state index is 10.6. The van der Waals surface area contributed by atoms with Crippen molar-refractivity contribution in [1.29, 1.82) is 0 Å². The zero-order valence-corrected chi connectivity index (χ0v) is 7.67. The van der Waals surface area contributed by atoms with E-state index >= 15 is 0 Å². The first kappa shape index (κ1) is 10.2. The van der Waals surface area contributed by atoms with Gasteiger partial charge >= 0.3 is 11.9 Å². The van der Waals surface area contributed by atoms with Crippen LogP contribution in [0.15, 0.2) is 10.6 Å². The van der Waals surface area contributed by atoms with Crippen molar-refractivity contribution < 1.29 is 19.1 Å². The minimum atomic E-state index is -0.615. The smallest absolute Gasteiger partial charge is 0.345 e. The molecule has 0 aliphatic rings. The van der Waals surface area contributed by atoms with Crippen LogP contribution in [0.2, 0.25) is 0 Å². The maximum absolute atomic E-state index is 10.6. The molecule has 0 rings (SSSR count). The van der Waals surface area contributed by atoms with E-state index in [1.54, 1.807) is 0 Å². The number of ether oxygens (including phenoxy) is 2. The third-order valence-corrected chi connectivity index (χ3v) is 1.38. The predicted molar refractivity (Wildman–Crippen MR) is 41.0 cm³/mol. The Bertz CT molecular complexity index is 197. The van der Waals surface area contributed by atoms with Crippen LogP contribution >= 0.6 is 15.9 Å². The van der Waals surface area contributed by atoms with Crippen molar-refractivity contribution in [3.63, 3.8) is 0 Å². The van der Waals surface area contributed by atoms with E-state index in [9.17, 15) is 9.59 Å². The number of hydrogen-bond acceptors (Lipinski definition) is 4. The Morgan fingerprint density at radius 2 is 1.82 bits per heavy atom. The van der Waals surface area contributed by atoms with Crippen LogP contribution in [0.3, 0.4) is 0 Å². The molecular weight excluding hydrogens is 216 g/mol. The summed E-state index contributed by atoms with van der Waals surface area (Å²) in [5, 5.41) is 0. The predicted octanol–water partition coefficient (Wildman–Crippen LogP) is 0.611. The normalized spacial score (nSPS) is 10.6. The molecule has 11 heavy (non-hydrogen) atoms. The molecule has 0 aliphatic carbocycles. The molecule has 62 valence electrons. The van der Waals surface area contributed by atoms with E-state index in [1.807, 2.05) is 0 Å². The van der Waals surface area contributed by atoms with Crippen LogP contribution in [0.1, 0.15) is 0 Å². The van der Waals surface area contributed by atoms with Crippen LogP contribution in [0.5, 0.6) is 0 Å². The molecule has 0 aromatic heterocycles. The summed E-state index contributed by atoms with van der Waals surface area (Å²) < 4.78 is 8.59. The second-order valence-corrected chi connectivity index (χ2v) is 2.36. The fraction of sp³-hybridized carbons (Fsp3) is 0.333. The summed E-state index contributed by atoms with van der Waals surface area (Å²) in [4.78, 5) is 21.1. The fourth-order valence-electron chi connectivity index (χ4n) is 0.319. The quantitative estimate of drug-likeness (QED) is 0.508. The molecule has 5 heteroatoms. The lowest BCUT2D eigenvalue weighted by Crippen LogP contribution is -2.03. The van der Waals surface area contributed by atoms with E-state index in [-0.39, 0.29) is 4.48 Å². The SMILES string of the molecule is COC(=O)/C=C(\Br)C(=O)OC. The van der Waals surface area contributed by atoms with Gasteiger partial charge in [0.05, 0.1) is 14.2 Å². The highest BCUT2D eigenvalue weighted by Gasteiger charge is 2.07. The van der Waals surface area contributed by atoms with Gasteiger partial charge in [-0.3, -0.25) is 0 Å². The van der Waals surface area contributed by atoms with E-state index in [4.69, 9.17) is 0 Å². The van der Waals surface area contributed by atoms with Crippen molar-refractivity contribution in [2.45, 2.75) is 0 Å². The van der Waals surface area contributed by atoms with Gasteiger partial charge in [-0.15, -0.1) is 0 Å². The molecule has 0 saturated heterocycles. The van der Waals surface area contributed by atoms with Gasteiger partial charge in [0.2, 0.25) is 0 Å². The van der Waals surface area contributed by atoms with Gasteiger partial charge in [0.15, 0.2) is 0 Å². The van der Waals surface area contributed by atoms with Crippen LogP contribution in [0, 0.1) is 0 Å². The second-order valence-electron chi connectivity index (χ2n) is 1.51. The highest BCUT2D eigenvalue weighted by molar-refractivity contribution is 9.12. The lowest BCUT2D eigenvalue weighted by molar-refractivity contribution is -0.137.